The van der Waals surface area contributed by atoms with Crippen LogP contribution in [0.2, 0.25) is 5.02 Å². The number of anilines is 2. The number of benzene rings is 1. The summed E-state index contributed by atoms with van der Waals surface area (Å²) in [5.74, 6) is -1.37. The van der Waals surface area contributed by atoms with E-state index in [1.165, 1.54) is 22.9 Å². The van der Waals surface area contributed by atoms with E-state index in [1.54, 1.807) is 32.2 Å². The summed E-state index contributed by atoms with van der Waals surface area (Å²) in [5.41, 5.74) is -0.625. The Hall–Kier alpha value is -3.37. The van der Waals surface area contributed by atoms with Gasteiger partial charge >= 0.3 is 5.97 Å². The number of ether oxygens (including phenoxy) is 2. The molecule has 1 aliphatic carbocycles. The van der Waals surface area contributed by atoms with E-state index in [2.05, 4.69) is 16.0 Å². The van der Waals surface area contributed by atoms with Crippen molar-refractivity contribution in [2.45, 2.75) is 44.1 Å². The summed E-state index contributed by atoms with van der Waals surface area (Å²) >= 11 is 6.15. The number of pyridine rings is 1. The summed E-state index contributed by atoms with van der Waals surface area (Å²) < 4.78 is 11.8. The SMILES string of the molecule is CCO[C@H]1OC(=O)C[C@@H]1NC(=O)C1(n2cccc(NC(=O)c3ccc(NC)c(Cl)c3)c2=O)CC1. The average Bonchev–Trinajstić information content (AvgIpc) is 3.54. The molecule has 4 rings (SSSR count). The number of nitrogens with zero attached hydrogens (tertiary/aromatic N) is 1. The third kappa shape index (κ3) is 4.51. The highest BCUT2D eigenvalue weighted by atomic mass is 35.5. The lowest BCUT2D eigenvalue weighted by molar-refractivity contribution is -0.164. The molecular formula is C23H25ClN4O6. The molecule has 2 aromatic rings. The van der Waals surface area contributed by atoms with Gasteiger partial charge in [0.05, 0.1) is 17.1 Å². The van der Waals surface area contributed by atoms with Gasteiger partial charge in [0.1, 0.15) is 17.3 Å². The van der Waals surface area contributed by atoms with Gasteiger partial charge in [-0.05, 0) is 50.1 Å². The van der Waals surface area contributed by atoms with E-state index >= 15 is 0 Å². The van der Waals surface area contributed by atoms with E-state index in [4.69, 9.17) is 21.1 Å². The molecule has 34 heavy (non-hydrogen) atoms. The van der Waals surface area contributed by atoms with E-state index < -0.39 is 41.2 Å². The van der Waals surface area contributed by atoms with Gasteiger partial charge < -0.3 is 25.4 Å². The van der Waals surface area contributed by atoms with E-state index in [9.17, 15) is 19.2 Å². The summed E-state index contributed by atoms with van der Waals surface area (Å²) in [4.78, 5) is 50.7. The van der Waals surface area contributed by atoms with Crippen molar-refractivity contribution in [1.29, 1.82) is 0 Å². The number of esters is 1. The largest absolute Gasteiger partial charge is 0.433 e. The van der Waals surface area contributed by atoms with Gasteiger partial charge in [-0.25, -0.2) is 0 Å². The Balaban J connectivity index is 1.53. The Labute approximate surface area is 200 Å². The predicted molar refractivity (Wildman–Crippen MR) is 125 cm³/mol. The summed E-state index contributed by atoms with van der Waals surface area (Å²) in [6.07, 6.45) is 1.53. The molecule has 1 saturated heterocycles. The molecule has 2 fully saturated rings. The van der Waals surface area contributed by atoms with Crippen LogP contribution in [0.25, 0.3) is 0 Å². The number of carbonyl (C=O) groups excluding carboxylic acids is 3. The molecule has 1 saturated carbocycles. The Morgan fingerprint density at radius 1 is 1.24 bits per heavy atom. The quantitative estimate of drug-likeness (QED) is 0.485. The Bertz CT molecular complexity index is 1190. The zero-order valence-electron chi connectivity index (χ0n) is 18.7. The first kappa shape index (κ1) is 23.8. The van der Waals surface area contributed by atoms with Crippen LogP contribution in [0.5, 0.6) is 0 Å². The average molecular weight is 489 g/mol. The van der Waals surface area contributed by atoms with Crippen LogP contribution in [0.15, 0.2) is 41.3 Å². The maximum absolute atomic E-state index is 13.2. The topological polar surface area (TPSA) is 128 Å². The van der Waals surface area contributed by atoms with Crippen LogP contribution >= 0.6 is 11.6 Å². The van der Waals surface area contributed by atoms with E-state index in [0.717, 1.165) is 0 Å². The monoisotopic (exact) mass is 488 g/mol. The molecule has 1 aromatic carbocycles. The van der Waals surface area contributed by atoms with Gasteiger partial charge in [0.15, 0.2) is 0 Å². The molecule has 0 radical (unpaired) electrons. The predicted octanol–water partition coefficient (Wildman–Crippen LogP) is 2.08. The van der Waals surface area contributed by atoms with Gasteiger partial charge in [-0.1, -0.05) is 11.6 Å². The minimum atomic E-state index is -1.10. The van der Waals surface area contributed by atoms with Crippen molar-refractivity contribution in [2.24, 2.45) is 0 Å². The van der Waals surface area contributed by atoms with Gasteiger partial charge in [-0.15, -0.1) is 0 Å². The molecule has 10 nitrogen and oxygen atoms in total. The minimum absolute atomic E-state index is 0.00756. The third-order valence-corrected chi connectivity index (χ3v) is 6.23. The van der Waals surface area contributed by atoms with Crippen LogP contribution in [0.3, 0.4) is 0 Å². The first-order valence-electron chi connectivity index (χ1n) is 10.9. The van der Waals surface area contributed by atoms with Crippen LogP contribution in [-0.4, -0.2) is 48.3 Å². The van der Waals surface area contributed by atoms with Crippen molar-refractivity contribution >= 4 is 40.8 Å². The molecule has 2 atom stereocenters. The Kier molecular flexibility index (Phi) is 6.63. The van der Waals surface area contributed by atoms with Crippen molar-refractivity contribution in [3.63, 3.8) is 0 Å². The number of cyclic esters (lactones) is 1. The van der Waals surface area contributed by atoms with Gasteiger partial charge in [0.2, 0.25) is 12.2 Å². The number of amides is 2. The van der Waals surface area contributed by atoms with E-state index in [-0.39, 0.29) is 17.7 Å². The fourth-order valence-electron chi connectivity index (χ4n) is 3.95. The summed E-state index contributed by atoms with van der Waals surface area (Å²) in [6.45, 7) is 2.08. The van der Waals surface area contributed by atoms with Crippen LogP contribution in [0, 0.1) is 0 Å². The molecule has 180 valence electrons. The second-order valence-corrected chi connectivity index (χ2v) is 8.53. The molecule has 3 N–H and O–H groups in total. The molecule has 2 aliphatic rings. The maximum Gasteiger partial charge on any atom is 0.310 e. The van der Waals surface area contributed by atoms with Crippen molar-refractivity contribution in [1.82, 2.24) is 9.88 Å². The summed E-state index contributed by atoms with van der Waals surface area (Å²) in [5, 5.41) is 8.68. The Morgan fingerprint density at radius 3 is 2.65 bits per heavy atom. The minimum Gasteiger partial charge on any atom is -0.433 e. The van der Waals surface area contributed by atoms with Crippen LogP contribution in [0.1, 0.15) is 36.5 Å². The fraction of sp³-hybridized carbons (Fsp3) is 0.391. The molecule has 0 spiro atoms. The van der Waals surface area contributed by atoms with Crippen molar-refractivity contribution in [2.75, 3.05) is 24.3 Å². The summed E-state index contributed by atoms with van der Waals surface area (Å²) in [7, 11) is 1.71. The lowest BCUT2D eigenvalue weighted by Crippen LogP contribution is -2.49. The molecule has 1 aromatic heterocycles. The second-order valence-electron chi connectivity index (χ2n) is 8.13. The standard InChI is InChI=1S/C23H25ClN4O6/c1-3-33-21-17(12-18(29)34-21)27-22(32)23(8-9-23)28-10-4-5-16(20(28)31)26-19(30)13-6-7-15(25-2)14(24)11-13/h4-7,10-11,17,21,25H,3,8-9,12H2,1-2H3,(H,26,30)(H,27,32)/t17-,21-/m0/s1. The zero-order valence-corrected chi connectivity index (χ0v) is 19.5. The first-order chi connectivity index (χ1) is 16.3. The van der Waals surface area contributed by atoms with Crippen LogP contribution in [-0.2, 0) is 24.6 Å². The van der Waals surface area contributed by atoms with Gasteiger partial charge in [0, 0.05) is 25.4 Å². The number of nitrogens with one attached hydrogen (secondary N) is 3. The maximum atomic E-state index is 13.2. The van der Waals surface area contributed by atoms with E-state index in [1.807, 2.05) is 0 Å². The number of halogens is 1. The van der Waals surface area contributed by atoms with Crippen molar-refractivity contribution < 1.29 is 23.9 Å². The highest BCUT2D eigenvalue weighted by molar-refractivity contribution is 6.33. The number of rotatable bonds is 8. The second kappa shape index (κ2) is 9.47. The Morgan fingerprint density at radius 2 is 2.00 bits per heavy atom. The molecule has 1 aliphatic heterocycles. The van der Waals surface area contributed by atoms with Crippen molar-refractivity contribution in [3.8, 4) is 0 Å². The number of hydrogen-bond donors (Lipinski definition) is 3. The normalized spacial score (nSPS) is 20.4. The van der Waals surface area contributed by atoms with Crippen LogP contribution < -0.4 is 21.5 Å². The molecular weight excluding hydrogens is 464 g/mol. The van der Waals surface area contributed by atoms with Gasteiger partial charge in [-0.2, -0.15) is 0 Å². The van der Waals surface area contributed by atoms with Crippen molar-refractivity contribution in [3.05, 3.63) is 57.5 Å². The third-order valence-electron chi connectivity index (χ3n) is 5.91. The molecule has 2 heterocycles. The zero-order chi connectivity index (χ0) is 24.5. The lowest BCUT2D eigenvalue weighted by Gasteiger charge is -2.23. The highest BCUT2D eigenvalue weighted by Gasteiger charge is 2.54. The first-order valence-corrected chi connectivity index (χ1v) is 11.3. The molecule has 0 unspecified atom stereocenters. The molecule has 2 amide bonds. The summed E-state index contributed by atoms with van der Waals surface area (Å²) in [6, 6.07) is 7.18. The van der Waals surface area contributed by atoms with E-state index in [0.29, 0.717) is 30.2 Å². The van der Waals surface area contributed by atoms with Crippen LogP contribution in [0.4, 0.5) is 11.4 Å². The van der Waals surface area contributed by atoms with Gasteiger partial charge in [0.25, 0.3) is 11.5 Å². The fourth-order valence-corrected chi connectivity index (χ4v) is 4.22. The molecule has 0 bridgehead atoms. The number of carbonyl (C=O) groups is 3. The highest BCUT2D eigenvalue weighted by Crippen LogP contribution is 2.43. The number of aromatic nitrogens is 1. The van der Waals surface area contributed by atoms with Gasteiger partial charge in [-0.3, -0.25) is 23.7 Å². The molecule has 11 heteroatoms. The smallest absolute Gasteiger partial charge is 0.310 e. The number of hydrogen-bond acceptors (Lipinski definition) is 7. The lowest BCUT2D eigenvalue weighted by atomic mass is 10.1.